The van der Waals surface area contributed by atoms with Gasteiger partial charge in [-0.2, -0.15) is 0 Å². The standard InChI is InChI=1S/C23H23NO/c1-18(25)22-17-24(22)23(19-11-5-2-6-12-19,20-13-7-3-8-14-20)21-15-9-4-10-16-21/h2-16,18,22,25H,17H2,1H3. The lowest BCUT2D eigenvalue weighted by atomic mass is 9.76. The molecule has 126 valence electrons. The van der Waals surface area contributed by atoms with Gasteiger partial charge in [-0.1, -0.05) is 91.0 Å². The lowest BCUT2D eigenvalue weighted by molar-refractivity contribution is 0.157. The number of benzene rings is 3. The molecule has 0 aliphatic carbocycles. The van der Waals surface area contributed by atoms with Crippen molar-refractivity contribution in [1.29, 1.82) is 0 Å². The first kappa shape index (κ1) is 16.1. The zero-order chi connectivity index (χ0) is 17.3. The van der Waals surface area contributed by atoms with Gasteiger partial charge in [-0.25, -0.2) is 0 Å². The molecule has 1 aliphatic rings. The molecule has 1 N–H and O–H groups in total. The molecule has 3 unspecified atom stereocenters. The van der Waals surface area contributed by atoms with E-state index in [1.54, 1.807) is 0 Å². The molecule has 3 aromatic rings. The summed E-state index contributed by atoms with van der Waals surface area (Å²) in [7, 11) is 0. The van der Waals surface area contributed by atoms with Crippen molar-refractivity contribution < 1.29 is 5.11 Å². The van der Waals surface area contributed by atoms with Crippen molar-refractivity contribution in [1.82, 2.24) is 4.90 Å². The molecule has 0 bridgehead atoms. The predicted octanol–water partition coefficient (Wildman–Crippen LogP) is 4.04. The van der Waals surface area contributed by atoms with Gasteiger partial charge in [0.05, 0.1) is 11.6 Å². The molecule has 1 fully saturated rings. The monoisotopic (exact) mass is 329 g/mol. The van der Waals surface area contributed by atoms with Gasteiger partial charge in [0.15, 0.2) is 0 Å². The second-order valence-corrected chi connectivity index (χ2v) is 6.77. The summed E-state index contributed by atoms with van der Waals surface area (Å²) < 4.78 is 0. The van der Waals surface area contributed by atoms with Gasteiger partial charge in [0.1, 0.15) is 0 Å². The third kappa shape index (κ3) is 2.68. The third-order valence-electron chi connectivity index (χ3n) is 5.21. The molecule has 0 amide bonds. The fourth-order valence-corrected chi connectivity index (χ4v) is 3.99. The lowest BCUT2D eigenvalue weighted by Crippen LogP contribution is -2.40. The number of aliphatic hydroxyl groups excluding tert-OH is 1. The Morgan fingerprint density at radius 1 is 0.760 bits per heavy atom. The zero-order valence-corrected chi connectivity index (χ0v) is 14.4. The highest BCUT2D eigenvalue weighted by Crippen LogP contribution is 2.48. The minimum atomic E-state index is -0.383. The van der Waals surface area contributed by atoms with Gasteiger partial charge in [-0.05, 0) is 23.6 Å². The maximum absolute atomic E-state index is 10.2. The topological polar surface area (TPSA) is 23.2 Å². The highest BCUT2D eigenvalue weighted by molar-refractivity contribution is 5.51. The van der Waals surface area contributed by atoms with Crippen LogP contribution in [0.5, 0.6) is 0 Å². The van der Waals surface area contributed by atoms with E-state index in [2.05, 4.69) is 95.9 Å². The normalized spacial score (nSPS) is 20.9. The highest BCUT2D eigenvalue weighted by Gasteiger charge is 2.54. The highest BCUT2D eigenvalue weighted by atomic mass is 16.3. The average molecular weight is 329 g/mol. The maximum atomic E-state index is 10.2. The van der Waals surface area contributed by atoms with E-state index in [1.165, 1.54) is 16.7 Å². The second kappa shape index (κ2) is 6.47. The van der Waals surface area contributed by atoms with E-state index in [0.29, 0.717) is 0 Å². The first-order chi connectivity index (χ1) is 12.2. The molecule has 3 atom stereocenters. The Hall–Kier alpha value is -2.42. The van der Waals surface area contributed by atoms with Crippen LogP contribution in [0.25, 0.3) is 0 Å². The molecule has 1 saturated heterocycles. The molecule has 0 radical (unpaired) electrons. The molecule has 0 saturated carbocycles. The molecule has 2 nitrogen and oxygen atoms in total. The fourth-order valence-electron chi connectivity index (χ4n) is 3.99. The van der Waals surface area contributed by atoms with Crippen molar-refractivity contribution in [3.05, 3.63) is 108 Å². The lowest BCUT2D eigenvalue weighted by Gasteiger charge is -2.38. The van der Waals surface area contributed by atoms with Crippen molar-refractivity contribution in [2.24, 2.45) is 0 Å². The van der Waals surface area contributed by atoms with Gasteiger partial charge >= 0.3 is 0 Å². The summed E-state index contributed by atoms with van der Waals surface area (Å²) in [5.41, 5.74) is 3.31. The molecule has 3 aromatic carbocycles. The molecule has 2 heteroatoms. The Morgan fingerprint density at radius 3 is 1.40 bits per heavy atom. The Morgan fingerprint density at radius 2 is 1.12 bits per heavy atom. The van der Waals surface area contributed by atoms with E-state index >= 15 is 0 Å². The fraction of sp³-hybridized carbons (Fsp3) is 0.217. The van der Waals surface area contributed by atoms with Crippen LogP contribution in [0, 0.1) is 0 Å². The Kier molecular flexibility index (Phi) is 4.16. The van der Waals surface area contributed by atoms with Gasteiger partial charge in [0, 0.05) is 12.6 Å². The summed E-state index contributed by atoms with van der Waals surface area (Å²) in [6, 6.07) is 32.0. The van der Waals surface area contributed by atoms with E-state index in [4.69, 9.17) is 0 Å². The van der Waals surface area contributed by atoms with Crippen LogP contribution in [0.2, 0.25) is 0 Å². The van der Waals surface area contributed by atoms with E-state index in [-0.39, 0.29) is 17.7 Å². The molecule has 1 heterocycles. The summed E-state index contributed by atoms with van der Waals surface area (Å²) in [5, 5.41) is 10.2. The number of nitrogens with zero attached hydrogens (tertiary/aromatic N) is 1. The molecule has 0 aromatic heterocycles. The largest absolute Gasteiger partial charge is 0.392 e. The van der Waals surface area contributed by atoms with Crippen LogP contribution in [-0.4, -0.2) is 28.7 Å². The summed E-state index contributed by atoms with van der Waals surface area (Å²) in [6.45, 7) is 2.77. The van der Waals surface area contributed by atoms with Crippen LogP contribution in [0.15, 0.2) is 91.0 Å². The van der Waals surface area contributed by atoms with Gasteiger partial charge in [-0.15, -0.1) is 0 Å². The van der Waals surface area contributed by atoms with Crippen LogP contribution < -0.4 is 0 Å². The number of hydrogen-bond donors (Lipinski definition) is 1. The van der Waals surface area contributed by atoms with Crippen molar-refractivity contribution in [2.45, 2.75) is 24.6 Å². The Bertz CT molecular complexity index is 718. The number of aliphatic hydroxyl groups is 1. The molecule has 1 aliphatic heterocycles. The van der Waals surface area contributed by atoms with E-state index in [0.717, 1.165) is 6.54 Å². The third-order valence-corrected chi connectivity index (χ3v) is 5.21. The summed E-state index contributed by atoms with van der Waals surface area (Å²) in [4.78, 5) is 2.41. The predicted molar refractivity (Wildman–Crippen MR) is 101 cm³/mol. The average Bonchev–Trinajstić information content (AvgIpc) is 3.47. The van der Waals surface area contributed by atoms with Crippen molar-refractivity contribution in [3.8, 4) is 0 Å². The summed E-state index contributed by atoms with van der Waals surface area (Å²) in [5.74, 6) is 0. The smallest absolute Gasteiger partial charge is 0.0977 e. The maximum Gasteiger partial charge on any atom is 0.0977 e. The molecule has 4 rings (SSSR count). The van der Waals surface area contributed by atoms with E-state index in [9.17, 15) is 5.11 Å². The van der Waals surface area contributed by atoms with Crippen LogP contribution in [0.3, 0.4) is 0 Å². The quantitative estimate of drug-likeness (QED) is 0.564. The number of rotatable bonds is 5. The second-order valence-electron chi connectivity index (χ2n) is 6.77. The molecule has 0 spiro atoms. The van der Waals surface area contributed by atoms with Crippen molar-refractivity contribution >= 4 is 0 Å². The van der Waals surface area contributed by atoms with Crippen molar-refractivity contribution in [2.75, 3.05) is 6.54 Å². The zero-order valence-electron chi connectivity index (χ0n) is 14.4. The molecular formula is C23H23NO. The Labute approximate surface area is 149 Å². The summed E-state index contributed by atoms with van der Waals surface area (Å²) >= 11 is 0. The first-order valence-corrected chi connectivity index (χ1v) is 8.86. The van der Waals surface area contributed by atoms with Crippen molar-refractivity contribution in [3.63, 3.8) is 0 Å². The summed E-state index contributed by atoms with van der Waals surface area (Å²) in [6.07, 6.45) is -0.351. The van der Waals surface area contributed by atoms with E-state index < -0.39 is 0 Å². The van der Waals surface area contributed by atoms with Crippen LogP contribution in [0.4, 0.5) is 0 Å². The van der Waals surface area contributed by atoms with Gasteiger partial charge in [0.2, 0.25) is 0 Å². The number of hydrogen-bond acceptors (Lipinski definition) is 2. The molecular weight excluding hydrogens is 306 g/mol. The van der Waals surface area contributed by atoms with Crippen LogP contribution >= 0.6 is 0 Å². The van der Waals surface area contributed by atoms with Gasteiger partial charge in [0.25, 0.3) is 0 Å². The Balaban J connectivity index is 1.99. The minimum Gasteiger partial charge on any atom is -0.392 e. The SMILES string of the molecule is CC(O)C1CN1C(c1ccccc1)(c1ccccc1)c1ccccc1. The first-order valence-electron chi connectivity index (χ1n) is 8.86. The van der Waals surface area contributed by atoms with Gasteiger partial charge < -0.3 is 5.11 Å². The van der Waals surface area contributed by atoms with Crippen LogP contribution in [0.1, 0.15) is 23.6 Å². The van der Waals surface area contributed by atoms with Crippen LogP contribution in [-0.2, 0) is 5.54 Å². The van der Waals surface area contributed by atoms with Gasteiger partial charge in [-0.3, -0.25) is 4.90 Å². The van der Waals surface area contributed by atoms with E-state index in [1.807, 2.05) is 6.92 Å². The minimum absolute atomic E-state index is 0.167. The molecule has 25 heavy (non-hydrogen) atoms.